The van der Waals surface area contributed by atoms with Crippen LogP contribution < -0.4 is 11.0 Å². The van der Waals surface area contributed by atoms with Crippen molar-refractivity contribution in [1.82, 2.24) is 16.0 Å². The lowest BCUT2D eigenvalue weighted by atomic mass is 10.2. The van der Waals surface area contributed by atoms with E-state index >= 15 is 0 Å². The third-order valence-corrected chi connectivity index (χ3v) is 2.16. The van der Waals surface area contributed by atoms with Crippen LogP contribution >= 0.6 is 0 Å². The average Bonchev–Trinajstić information content (AvgIpc) is 2.38. The van der Waals surface area contributed by atoms with Crippen molar-refractivity contribution in [2.75, 3.05) is 14.1 Å². The van der Waals surface area contributed by atoms with Crippen molar-refractivity contribution in [2.45, 2.75) is 31.7 Å². The Kier molecular flexibility index (Phi) is 3.12. The van der Waals surface area contributed by atoms with Gasteiger partial charge in [0, 0.05) is 13.1 Å². The molecule has 0 radical (unpaired) electrons. The van der Waals surface area contributed by atoms with Gasteiger partial charge < -0.3 is 0 Å². The van der Waals surface area contributed by atoms with E-state index in [0.717, 1.165) is 6.04 Å². The summed E-state index contributed by atoms with van der Waals surface area (Å²) in [6, 6.07) is 0.743. The van der Waals surface area contributed by atoms with Crippen molar-refractivity contribution in [1.29, 1.82) is 0 Å². The van der Waals surface area contributed by atoms with Crippen molar-refractivity contribution in [3.8, 4) is 0 Å². The largest absolute Gasteiger partial charge is 0.247 e. The standard InChI is InChI=1S/C7H17N3/c1-8-9-10(2)7-5-3-4-6-7/h7-9H,3-6H2,1-2H3. The molecule has 1 aliphatic rings. The summed E-state index contributed by atoms with van der Waals surface area (Å²) in [6.45, 7) is 0. The van der Waals surface area contributed by atoms with E-state index in [4.69, 9.17) is 0 Å². The molecule has 1 saturated carbocycles. The molecule has 3 heteroatoms. The number of nitrogens with one attached hydrogen (secondary N) is 2. The molecule has 1 aliphatic carbocycles. The number of hydrazine groups is 2. The van der Waals surface area contributed by atoms with Gasteiger partial charge in [-0.1, -0.05) is 12.8 Å². The Bertz CT molecular complexity index is 88.9. The third kappa shape index (κ3) is 1.94. The van der Waals surface area contributed by atoms with E-state index in [1.807, 2.05) is 7.05 Å². The maximum absolute atomic E-state index is 3.07. The fourth-order valence-corrected chi connectivity index (χ4v) is 1.56. The maximum Gasteiger partial charge on any atom is 0.0253 e. The molecule has 0 heterocycles. The Balaban J connectivity index is 2.18. The summed E-state index contributed by atoms with van der Waals surface area (Å²) in [5.74, 6) is 0. The van der Waals surface area contributed by atoms with E-state index in [-0.39, 0.29) is 0 Å². The molecule has 1 rings (SSSR count). The van der Waals surface area contributed by atoms with Gasteiger partial charge in [0.25, 0.3) is 0 Å². The average molecular weight is 143 g/mol. The van der Waals surface area contributed by atoms with Crippen LogP contribution in [0.2, 0.25) is 0 Å². The fourth-order valence-electron chi connectivity index (χ4n) is 1.56. The Morgan fingerprint density at radius 2 is 1.90 bits per heavy atom. The van der Waals surface area contributed by atoms with Crippen LogP contribution in [0.1, 0.15) is 25.7 Å². The molecule has 0 aromatic carbocycles. The highest BCUT2D eigenvalue weighted by Gasteiger charge is 2.18. The molecule has 0 atom stereocenters. The highest BCUT2D eigenvalue weighted by Crippen LogP contribution is 2.20. The van der Waals surface area contributed by atoms with Crippen LogP contribution in [0.3, 0.4) is 0 Å². The number of nitrogens with zero attached hydrogens (tertiary/aromatic N) is 1. The first-order valence-corrected chi connectivity index (χ1v) is 4.00. The van der Waals surface area contributed by atoms with Gasteiger partial charge in [-0.05, 0) is 19.9 Å². The van der Waals surface area contributed by atoms with Gasteiger partial charge in [0.2, 0.25) is 0 Å². The van der Waals surface area contributed by atoms with Crippen molar-refractivity contribution in [3.05, 3.63) is 0 Å². The van der Waals surface area contributed by atoms with Crippen LogP contribution in [0.25, 0.3) is 0 Å². The van der Waals surface area contributed by atoms with Gasteiger partial charge in [0.1, 0.15) is 0 Å². The number of rotatable bonds is 3. The highest BCUT2D eigenvalue weighted by atomic mass is 15.7. The summed E-state index contributed by atoms with van der Waals surface area (Å²) in [5.41, 5.74) is 5.99. The fraction of sp³-hybridized carbons (Fsp3) is 1.00. The van der Waals surface area contributed by atoms with Gasteiger partial charge in [-0.25, -0.2) is 10.4 Å². The lowest BCUT2D eigenvalue weighted by Crippen LogP contribution is -2.47. The van der Waals surface area contributed by atoms with Crippen LogP contribution in [0, 0.1) is 0 Å². The molecule has 0 aliphatic heterocycles. The quantitative estimate of drug-likeness (QED) is 0.563. The van der Waals surface area contributed by atoms with Crippen molar-refractivity contribution in [3.63, 3.8) is 0 Å². The van der Waals surface area contributed by atoms with Gasteiger partial charge in [0.05, 0.1) is 0 Å². The third-order valence-electron chi connectivity index (χ3n) is 2.16. The molecule has 2 N–H and O–H groups in total. The van der Waals surface area contributed by atoms with E-state index in [1.54, 1.807) is 0 Å². The first-order chi connectivity index (χ1) is 4.84. The topological polar surface area (TPSA) is 27.3 Å². The SMILES string of the molecule is CNNN(C)C1CCCC1. The minimum atomic E-state index is 0.743. The molecular weight excluding hydrogens is 126 g/mol. The minimum absolute atomic E-state index is 0.743. The van der Waals surface area contributed by atoms with Crippen LogP contribution in [-0.4, -0.2) is 25.1 Å². The van der Waals surface area contributed by atoms with E-state index in [0.29, 0.717) is 0 Å². The van der Waals surface area contributed by atoms with Crippen LogP contribution in [0.5, 0.6) is 0 Å². The minimum Gasteiger partial charge on any atom is -0.247 e. The summed E-state index contributed by atoms with van der Waals surface area (Å²) in [4.78, 5) is 0. The first-order valence-electron chi connectivity index (χ1n) is 4.00. The predicted molar refractivity (Wildman–Crippen MR) is 42.2 cm³/mol. The predicted octanol–water partition coefficient (Wildman–Crippen LogP) is 0.500. The summed E-state index contributed by atoms with van der Waals surface area (Å²) in [6.07, 6.45) is 5.46. The van der Waals surface area contributed by atoms with E-state index in [1.165, 1.54) is 25.7 Å². The molecule has 0 aromatic heterocycles. The summed E-state index contributed by atoms with van der Waals surface area (Å²) in [7, 11) is 3.98. The van der Waals surface area contributed by atoms with Crippen LogP contribution in [0.4, 0.5) is 0 Å². The highest BCUT2D eigenvalue weighted by molar-refractivity contribution is 4.72. The zero-order chi connectivity index (χ0) is 7.40. The zero-order valence-corrected chi connectivity index (χ0v) is 6.85. The Hall–Kier alpha value is -0.120. The molecule has 10 heavy (non-hydrogen) atoms. The van der Waals surface area contributed by atoms with E-state index in [9.17, 15) is 0 Å². The van der Waals surface area contributed by atoms with Crippen LogP contribution in [-0.2, 0) is 0 Å². The van der Waals surface area contributed by atoms with Gasteiger partial charge in [-0.2, -0.15) is 5.53 Å². The Labute approximate surface area is 62.7 Å². The molecule has 0 spiro atoms. The molecule has 60 valence electrons. The van der Waals surface area contributed by atoms with E-state index < -0.39 is 0 Å². The normalized spacial score (nSPS) is 20.7. The van der Waals surface area contributed by atoms with Crippen molar-refractivity contribution >= 4 is 0 Å². The van der Waals surface area contributed by atoms with E-state index in [2.05, 4.69) is 23.0 Å². The second-order valence-electron chi connectivity index (χ2n) is 2.91. The van der Waals surface area contributed by atoms with Gasteiger partial charge in [0.15, 0.2) is 0 Å². The molecule has 0 bridgehead atoms. The second kappa shape index (κ2) is 3.91. The van der Waals surface area contributed by atoms with Crippen molar-refractivity contribution < 1.29 is 0 Å². The zero-order valence-electron chi connectivity index (χ0n) is 6.85. The summed E-state index contributed by atoms with van der Waals surface area (Å²) >= 11 is 0. The molecular formula is C7H17N3. The molecule has 0 aromatic rings. The lowest BCUT2D eigenvalue weighted by Gasteiger charge is -2.23. The summed E-state index contributed by atoms with van der Waals surface area (Å²) in [5, 5.41) is 2.16. The molecule has 0 unspecified atom stereocenters. The van der Waals surface area contributed by atoms with Gasteiger partial charge in [-0.15, -0.1) is 0 Å². The monoisotopic (exact) mass is 143 g/mol. The Morgan fingerprint density at radius 3 is 2.40 bits per heavy atom. The lowest BCUT2D eigenvalue weighted by molar-refractivity contribution is 0.141. The van der Waals surface area contributed by atoms with Crippen LogP contribution in [0.15, 0.2) is 0 Å². The maximum atomic E-state index is 3.07. The smallest absolute Gasteiger partial charge is 0.0253 e. The first kappa shape index (κ1) is 7.98. The van der Waals surface area contributed by atoms with Crippen molar-refractivity contribution in [2.24, 2.45) is 0 Å². The molecule has 3 nitrogen and oxygen atoms in total. The second-order valence-corrected chi connectivity index (χ2v) is 2.91. The van der Waals surface area contributed by atoms with Gasteiger partial charge >= 0.3 is 0 Å². The molecule has 1 fully saturated rings. The summed E-state index contributed by atoms with van der Waals surface area (Å²) < 4.78 is 0. The Morgan fingerprint density at radius 1 is 1.30 bits per heavy atom. The molecule has 0 saturated heterocycles. The number of hydrogen-bond donors (Lipinski definition) is 2. The molecule has 0 amide bonds. The van der Waals surface area contributed by atoms with Gasteiger partial charge in [-0.3, -0.25) is 0 Å². The number of hydrogen-bond acceptors (Lipinski definition) is 3.